The third-order valence-corrected chi connectivity index (χ3v) is 4.29. The van der Waals surface area contributed by atoms with Crippen molar-refractivity contribution >= 4 is 34.7 Å². The lowest BCUT2D eigenvalue weighted by Gasteiger charge is -2.09. The Bertz CT molecular complexity index is 859. The van der Waals surface area contributed by atoms with E-state index >= 15 is 0 Å². The van der Waals surface area contributed by atoms with Gasteiger partial charge in [0.25, 0.3) is 0 Å². The molecule has 0 radical (unpaired) electrons. The normalized spacial score (nSPS) is 11.1. The van der Waals surface area contributed by atoms with E-state index in [0.29, 0.717) is 10.8 Å². The van der Waals surface area contributed by atoms with Gasteiger partial charge in [-0.3, -0.25) is 0 Å². The molecule has 120 valence electrons. The Morgan fingerprint density at radius 2 is 1.58 bits per heavy atom. The smallest absolute Gasteiger partial charge is 0.156 e. The van der Waals surface area contributed by atoms with Crippen LogP contribution in [0.4, 0.5) is 5.82 Å². The molecule has 0 saturated carbocycles. The van der Waals surface area contributed by atoms with Crippen molar-refractivity contribution in [2.75, 3.05) is 6.26 Å². The summed E-state index contributed by atoms with van der Waals surface area (Å²) in [6.45, 7) is 1.97. The Morgan fingerprint density at radius 1 is 0.958 bits per heavy atom. The van der Waals surface area contributed by atoms with E-state index in [9.17, 15) is 0 Å². The number of rotatable bonds is 4. The molecule has 1 heterocycles. The molecule has 0 saturated heterocycles. The van der Waals surface area contributed by atoms with E-state index in [4.69, 9.17) is 11.6 Å². The third kappa shape index (κ3) is 3.69. The number of hydrogen-bond acceptors (Lipinski definition) is 3. The van der Waals surface area contributed by atoms with Gasteiger partial charge in [0, 0.05) is 5.56 Å². The van der Waals surface area contributed by atoms with Gasteiger partial charge < -0.3 is 0 Å². The van der Waals surface area contributed by atoms with Crippen LogP contribution in [-0.4, -0.2) is 16.8 Å². The summed E-state index contributed by atoms with van der Waals surface area (Å²) in [5.41, 5.74) is 6.86. The highest BCUT2D eigenvalue weighted by Gasteiger charge is 2.10. The van der Waals surface area contributed by atoms with Crippen LogP contribution in [0.2, 0.25) is 5.02 Å². The molecule has 0 aliphatic rings. The number of halogens is 1. The summed E-state index contributed by atoms with van der Waals surface area (Å²) in [6, 6.07) is 20.5. The van der Waals surface area contributed by atoms with Gasteiger partial charge in [0.05, 0.1) is 16.3 Å². The molecule has 2 nitrogen and oxygen atoms in total. The summed E-state index contributed by atoms with van der Waals surface area (Å²) in [4.78, 5) is 9.02. The van der Waals surface area contributed by atoms with Crippen LogP contribution in [0.15, 0.2) is 65.7 Å². The van der Waals surface area contributed by atoms with Crippen LogP contribution in [-0.2, 0) is 0 Å². The average Bonchev–Trinajstić information content (AvgIpc) is 2.62. The van der Waals surface area contributed by atoms with Crippen molar-refractivity contribution in [2.24, 2.45) is 4.99 Å². The third-order valence-electron chi connectivity index (χ3n) is 3.69. The highest BCUT2D eigenvalue weighted by atomic mass is 35.5. The van der Waals surface area contributed by atoms with Crippen molar-refractivity contribution in [1.29, 1.82) is 0 Å². The average molecular weight is 353 g/mol. The molecule has 0 N–H and O–H groups in total. The Labute approximate surface area is 151 Å². The fourth-order valence-electron chi connectivity index (χ4n) is 2.46. The predicted molar refractivity (Wildman–Crippen MR) is 107 cm³/mol. The minimum absolute atomic E-state index is 0.642. The number of hydrogen-bond donors (Lipinski definition) is 0. The summed E-state index contributed by atoms with van der Waals surface area (Å²) in [6.07, 6.45) is 1.97. The Balaban J connectivity index is 1.98. The van der Waals surface area contributed by atoms with Crippen LogP contribution in [0, 0.1) is 6.92 Å². The molecule has 0 bridgehead atoms. The molecule has 0 aliphatic carbocycles. The lowest BCUT2D eigenvalue weighted by Crippen LogP contribution is -1.89. The Morgan fingerprint density at radius 3 is 2.25 bits per heavy atom. The maximum Gasteiger partial charge on any atom is 0.156 e. The van der Waals surface area contributed by atoms with Crippen LogP contribution in [0.25, 0.3) is 22.4 Å². The van der Waals surface area contributed by atoms with E-state index in [2.05, 4.69) is 34.2 Å². The van der Waals surface area contributed by atoms with E-state index in [1.807, 2.05) is 49.6 Å². The summed E-state index contributed by atoms with van der Waals surface area (Å²) < 4.78 is 0. The van der Waals surface area contributed by atoms with Crippen LogP contribution in [0.5, 0.6) is 0 Å². The Hall–Kier alpha value is -2.10. The number of aryl methyl sites for hydroxylation is 1. The zero-order chi connectivity index (χ0) is 16.9. The summed E-state index contributed by atoms with van der Waals surface area (Å²) in [5.74, 6) is 0.705. The number of benzene rings is 2. The van der Waals surface area contributed by atoms with Gasteiger partial charge in [0.1, 0.15) is 0 Å². The number of pyridine rings is 1. The van der Waals surface area contributed by atoms with Crippen molar-refractivity contribution < 1.29 is 0 Å². The first-order valence-electron chi connectivity index (χ1n) is 7.57. The molecule has 0 spiro atoms. The van der Waals surface area contributed by atoms with E-state index in [0.717, 1.165) is 16.8 Å². The van der Waals surface area contributed by atoms with Crippen molar-refractivity contribution in [3.8, 4) is 22.4 Å². The Kier molecular flexibility index (Phi) is 5.34. The van der Waals surface area contributed by atoms with Crippen LogP contribution >= 0.6 is 23.4 Å². The van der Waals surface area contributed by atoms with E-state index in [1.165, 1.54) is 11.1 Å². The van der Waals surface area contributed by atoms with Gasteiger partial charge in [0.15, 0.2) is 5.82 Å². The minimum atomic E-state index is 0.642. The number of aliphatic imine (C=N–C) groups is 1. The number of aromatic nitrogens is 1. The van der Waals surface area contributed by atoms with Gasteiger partial charge in [0.2, 0.25) is 0 Å². The summed E-state index contributed by atoms with van der Waals surface area (Å²) in [7, 11) is 0. The first kappa shape index (κ1) is 16.7. The lowest BCUT2D eigenvalue weighted by molar-refractivity contribution is 1.23. The molecule has 1 aromatic heterocycles. The minimum Gasteiger partial charge on any atom is -0.230 e. The van der Waals surface area contributed by atoms with Gasteiger partial charge in [-0.1, -0.05) is 66.2 Å². The van der Waals surface area contributed by atoms with Crippen molar-refractivity contribution in [3.63, 3.8) is 0 Å². The standard InChI is InChI=1S/C20H17ClN2S/c1-14-12-18(21)19(23-20(14)22-13-24-2)17-10-8-16(9-11-17)15-6-4-3-5-7-15/h3-13H,1-2H3/b22-13+. The molecule has 2 aromatic carbocycles. The highest BCUT2D eigenvalue weighted by Crippen LogP contribution is 2.32. The van der Waals surface area contributed by atoms with E-state index in [1.54, 1.807) is 17.3 Å². The van der Waals surface area contributed by atoms with Crippen molar-refractivity contribution in [1.82, 2.24) is 4.98 Å². The second-order valence-corrected chi connectivity index (χ2v) is 6.46. The molecular weight excluding hydrogens is 336 g/mol. The van der Waals surface area contributed by atoms with Gasteiger partial charge in [-0.25, -0.2) is 9.98 Å². The van der Waals surface area contributed by atoms with Crippen LogP contribution in [0.3, 0.4) is 0 Å². The van der Waals surface area contributed by atoms with Gasteiger partial charge in [-0.15, -0.1) is 11.8 Å². The SMILES string of the molecule is CS/C=N/c1nc(-c2ccc(-c3ccccc3)cc2)c(Cl)cc1C. The van der Waals surface area contributed by atoms with Gasteiger partial charge >= 0.3 is 0 Å². The second-order valence-electron chi connectivity index (χ2n) is 5.37. The second kappa shape index (κ2) is 7.65. The first-order valence-corrected chi connectivity index (χ1v) is 9.24. The molecular formula is C20H17ClN2S. The topological polar surface area (TPSA) is 25.2 Å². The van der Waals surface area contributed by atoms with Crippen LogP contribution < -0.4 is 0 Å². The molecule has 0 atom stereocenters. The van der Waals surface area contributed by atoms with Gasteiger partial charge in [-0.05, 0) is 35.9 Å². The molecule has 3 rings (SSSR count). The van der Waals surface area contributed by atoms with Crippen molar-refractivity contribution in [2.45, 2.75) is 6.92 Å². The monoisotopic (exact) mass is 352 g/mol. The van der Waals surface area contributed by atoms with E-state index in [-0.39, 0.29) is 0 Å². The molecule has 3 aromatic rings. The zero-order valence-electron chi connectivity index (χ0n) is 13.5. The summed E-state index contributed by atoms with van der Waals surface area (Å²) >= 11 is 7.95. The first-order chi connectivity index (χ1) is 11.7. The summed E-state index contributed by atoms with van der Waals surface area (Å²) in [5, 5.41) is 0.642. The molecule has 0 unspecified atom stereocenters. The lowest BCUT2D eigenvalue weighted by atomic mass is 10.0. The largest absolute Gasteiger partial charge is 0.230 e. The molecule has 4 heteroatoms. The fraction of sp³-hybridized carbons (Fsp3) is 0.100. The van der Waals surface area contributed by atoms with Crippen molar-refractivity contribution in [3.05, 3.63) is 71.2 Å². The number of nitrogens with zero attached hydrogens (tertiary/aromatic N) is 2. The maximum absolute atomic E-state index is 6.41. The molecule has 0 aliphatic heterocycles. The van der Waals surface area contributed by atoms with Gasteiger partial charge in [-0.2, -0.15) is 0 Å². The molecule has 0 fully saturated rings. The maximum atomic E-state index is 6.41. The predicted octanol–water partition coefficient (Wildman–Crippen LogP) is 6.40. The zero-order valence-corrected chi connectivity index (χ0v) is 15.1. The van der Waals surface area contributed by atoms with E-state index < -0.39 is 0 Å². The molecule has 24 heavy (non-hydrogen) atoms. The fourth-order valence-corrected chi connectivity index (χ4v) is 2.98. The highest BCUT2D eigenvalue weighted by molar-refractivity contribution is 8.11. The number of thioether (sulfide) groups is 1. The molecule has 0 amide bonds. The quantitative estimate of drug-likeness (QED) is 0.401. The van der Waals surface area contributed by atoms with Crippen LogP contribution in [0.1, 0.15) is 5.56 Å².